The molecule has 1 heterocycles. The van der Waals surface area contributed by atoms with E-state index in [0.29, 0.717) is 4.88 Å². The Morgan fingerprint density at radius 2 is 2.38 bits per heavy atom. The molecule has 4 heteroatoms. The Kier molecular flexibility index (Phi) is 1.87. The lowest BCUT2D eigenvalue weighted by Crippen LogP contribution is -2.29. The minimum atomic E-state index is -0.869. The van der Waals surface area contributed by atoms with Gasteiger partial charge >= 0.3 is 5.97 Å². The summed E-state index contributed by atoms with van der Waals surface area (Å²) in [5, 5.41) is 9.71. The predicted molar refractivity (Wildman–Crippen MR) is 50.3 cm³/mol. The van der Waals surface area contributed by atoms with Gasteiger partial charge in [0.1, 0.15) is 4.88 Å². The molecule has 1 aliphatic rings. The summed E-state index contributed by atoms with van der Waals surface area (Å²) in [6.45, 7) is 2.15. The Bertz CT molecular complexity index is 341. The molecule has 3 nitrogen and oxygen atoms in total. The van der Waals surface area contributed by atoms with E-state index in [2.05, 4.69) is 11.9 Å². The standard InChI is InChI=1S/C9H11NO2S/c1-9(3-2-4-9)8-10-5-6(13-8)7(11)12/h5H,2-4H2,1H3,(H,11,12). The maximum Gasteiger partial charge on any atom is 0.347 e. The van der Waals surface area contributed by atoms with Crippen molar-refractivity contribution in [2.75, 3.05) is 0 Å². The molecule has 0 bridgehead atoms. The number of hydrogen-bond acceptors (Lipinski definition) is 3. The van der Waals surface area contributed by atoms with Crippen LogP contribution >= 0.6 is 11.3 Å². The SMILES string of the molecule is CC1(c2ncc(C(=O)O)s2)CCC1. The minimum absolute atomic E-state index is 0.165. The molecule has 1 aromatic heterocycles. The molecule has 0 unspecified atom stereocenters. The third-order valence-electron chi connectivity index (χ3n) is 2.69. The van der Waals surface area contributed by atoms with E-state index in [-0.39, 0.29) is 5.41 Å². The van der Waals surface area contributed by atoms with Gasteiger partial charge in [0.05, 0.1) is 11.2 Å². The van der Waals surface area contributed by atoms with E-state index in [1.54, 1.807) is 0 Å². The molecule has 0 radical (unpaired) electrons. The smallest absolute Gasteiger partial charge is 0.347 e. The van der Waals surface area contributed by atoms with Crippen LogP contribution in [0.25, 0.3) is 0 Å². The first-order valence-corrected chi connectivity index (χ1v) is 5.13. The Morgan fingerprint density at radius 1 is 1.69 bits per heavy atom. The zero-order chi connectivity index (χ0) is 9.47. The predicted octanol–water partition coefficient (Wildman–Crippen LogP) is 2.28. The average Bonchev–Trinajstić information content (AvgIpc) is 2.48. The van der Waals surface area contributed by atoms with Crippen molar-refractivity contribution in [1.82, 2.24) is 4.98 Å². The monoisotopic (exact) mass is 197 g/mol. The highest BCUT2D eigenvalue weighted by molar-refractivity contribution is 7.13. The van der Waals surface area contributed by atoms with Crippen LogP contribution in [0, 0.1) is 0 Å². The van der Waals surface area contributed by atoms with E-state index >= 15 is 0 Å². The molecule has 1 N–H and O–H groups in total. The third-order valence-corrected chi connectivity index (χ3v) is 3.98. The number of carboxylic acids is 1. The van der Waals surface area contributed by atoms with Crippen molar-refractivity contribution in [3.05, 3.63) is 16.1 Å². The second-order valence-corrected chi connectivity index (χ2v) is 4.78. The largest absolute Gasteiger partial charge is 0.477 e. The second kappa shape index (κ2) is 2.80. The molecule has 1 aromatic rings. The first-order chi connectivity index (χ1) is 6.12. The van der Waals surface area contributed by atoms with Crippen LogP contribution in [0.2, 0.25) is 0 Å². The minimum Gasteiger partial charge on any atom is -0.477 e. The molecule has 1 fully saturated rings. The highest BCUT2D eigenvalue weighted by Crippen LogP contribution is 2.44. The van der Waals surface area contributed by atoms with Crippen molar-refractivity contribution >= 4 is 17.3 Å². The van der Waals surface area contributed by atoms with Crippen LogP contribution in [0.5, 0.6) is 0 Å². The number of carbonyl (C=O) groups is 1. The maximum atomic E-state index is 10.6. The summed E-state index contributed by atoms with van der Waals surface area (Å²) in [4.78, 5) is 15.1. The number of hydrogen-bond donors (Lipinski definition) is 1. The van der Waals surface area contributed by atoms with Gasteiger partial charge in [-0.1, -0.05) is 13.3 Å². The lowest BCUT2D eigenvalue weighted by molar-refractivity contribution is 0.0702. The molecule has 70 valence electrons. The van der Waals surface area contributed by atoms with Gasteiger partial charge < -0.3 is 5.11 Å². The van der Waals surface area contributed by atoms with E-state index in [9.17, 15) is 4.79 Å². The summed E-state index contributed by atoms with van der Waals surface area (Å²) in [7, 11) is 0. The number of aromatic nitrogens is 1. The van der Waals surface area contributed by atoms with E-state index in [4.69, 9.17) is 5.11 Å². The van der Waals surface area contributed by atoms with E-state index in [1.807, 2.05) is 0 Å². The van der Waals surface area contributed by atoms with Gasteiger partial charge in [-0.15, -0.1) is 11.3 Å². The summed E-state index contributed by atoms with van der Waals surface area (Å²) in [6.07, 6.45) is 4.98. The fourth-order valence-corrected chi connectivity index (χ4v) is 2.53. The van der Waals surface area contributed by atoms with Gasteiger partial charge in [0.25, 0.3) is 0 Å². The van der Waals surface area contributed by atoms with Gasteiger partial charge in [-0.2, -0.15) is 0 Å². The lowest BCUT2D eigenvalue weighted by atomic mass is 9.71. The Labute approximate surface area is 80.4 Å². The zero-order valence-electron chi connectivity index (χ0n) is 7.41. The van der Waals surface area contributed by atoms with Crippen LogP contribution in [-0.2, 0) is 5.41 Å². The van der Waals surface area contributed by atoms with Crippen LogP contribution in [0.15, 0.2) is 6.20 Å². The summed E-state index contributed by atoms with van der Waals surface area (Å²) in [5.41, 5.74) is 0.165. The number of rotatable bonds is 2. The highest BCUT2D eigenvalue weighted by atomic mass is 32.1. The molecule has 2 rings (SSSR count). The van der Waals surface area contributed by atoms with Crippen molar-refractivity contribution in [3.63, 3.8) is 0 Å². The average molecular weight is 197 g/mol. The second-order valence-electron chi connectivity index (χ2n) is 3.75. The molecule has 0 aromatic carbocycles. The summed E-state index contributed by atoms with van der Waals surface area (Å²) < 4.78 is 0. The summed E-state index contributed by atoms with van der Waals surface area (Å²) in [5.74, 6) is -0.869. The zero-order valence-corrected chi connectivity index (χ0v) is 8.23. The van der Waals surface area contributed by atoms with Crippen LogP contribution in [0.1, 0.15) is 40.9 Å². The van der Waals surface area contributed by atoms with Crippen molar-refractivity contribution in [2.24, 2.45) is 0 Å². The fourth-order valence-electron chi connectivity index (χ4n) is 1.57. The summed E-state index contributed by atoms with van der Waals surface area (Å²) in [6, 6.07) is 0. The van der Waals surface area contributed by atoms with Crippen LogP contribution in [-0.4, -0.2) is 16.1 Å². The third kappa shape index (κ3) is 1.35. The van der Waals surface area contributed by atoms with Crippen molar-refractivity contribution in [2.45, 2.75) is 31.6 Å². The number of carboxylic acid groups (broad SMARTS) is 1. The van der Waals surface area contributed by atoms with Gasteiger partial charge in [-0.25, -0.2) is 9.78 Å². The van der Waals surface area contributed by atoms with Crippen molar-refractivity contribution in [1.29, 1.82) is 0 Å². The molecule has 0 amide bonds. The highest BCUT2D eigenvalue weighted by Gasteiger charge is 2.36. The van der Waals surface area contributed by atoms with Gasteiger partial charge in [0.2, 0.25) is 0 Å². The molecule has 1 aliphatic carbocycles. The first kappa shape index (κ1) is 8.69. The first-order valence-electron chi connectivity index (χ1n) is 4.31. The van der Waals surface area contributed by atoms with Gasteiger partial charge in [-0.05, 0) is 12.8 Å². The maximum absolute atomic E-state index is 10.6. The van der Waals surface area contributed by atoms with E-state index in [1.165, 1.54) is 24.0 Å². The number of nitrogens with zero attached hydrogens (tertiary/aromatic N) is 1. The Morgan fingerprint density at radius 3 is 2.77 bits per heavy atom. The number of aromatic carboxylic acids is 1. The van der Waals surface area contributed by atoms with Crippen LogP contribution < -0.4 is 0 Å². The molecule has 0 aliphatic heterocycles. The molecular formula is C9H11NO2S. The van der Waals surface area contributed by atoms with E-state index < -0.39 is 5.97 Å². The normalized spacial score (nSPS) is 19.5. The molecule has 0 spiro atoms. The van der Waals surface area contributed by atoms with Gasteiger partial charge in [0.15, 0.2) is 0 Å². The molecule has 0 saturated heterocycles. The molecule has 0 atom stereocenters. The quantitative estimate of drug-likeness (QED) is 0.791. The van der Waals surface area contributed by atoms with Crippen molar-refractivity contribution in [3.8, 4) is 0 Å². The van der Waals surface area contributed by atoms with Crippen molar-refractivity contribution < 1.29 is 9.90 Å². The van der Waals surface area contributed by atoms with E-state index in [0.717, 1.165) is 17.8 Å². The summed E-state index contributed by atoms with van der Waals surface area (Å²) >= 11 is 1.31. The van der Waals surface area contributed by atoms with Gasteiger partial charge in [-0.3, -0.25) is 0 Å². The van der Waals surface area contributed by atoms with Crippen LogP contribution in [0.3, 0.4) is 0 Å². The molecule has 13 heavy (non-hydrogen) atoms. The Balaban J connectivity index is 2.27. The van der Waals surface area contributed by atoms with Crippen LogP contribution in [0.4, 0.5) is 0 Å². The van der Waals surface area contributed by atoms with Gasteiger partial charge in [0, 0.05) is 5.41 Å². The number of thiazole rings is 1. The molecule has 1 saturated carbocycles. The molecular weight excluding hydrogens is 186 g/mol. The topological polar surface area (TPSA) is 50.2 Å². The lowest BCUT2D eigenvalue weighted by Gasteiger charge is -2.36. The fraction of sp³-hybridized carbons (Fsp3) is 0.556. The Hall–Kier alpha value is -0.900.